The van der Waals surface area contributed by atoms with Gasteiger partial charge in [-0.2, -0.15) is 0 Å². The highest BCUT2D eigenvalue weighted by atomic mass is 16.5. The first-order valence-electron chi connectivity index (χ1n) is 7.94. The Morgan fingerprint density at radius 3 is 2.67 bits per heavy atom. The quantitative estimate of drug-likeness (QED) is 0.706. The molecule has 0 amide bonds. The summed E-state index contributed by atoms with van der Waals surface area (Å²) in [5, 5.41) is 9.97. The van der Waals surface area contributed by atoms with Gasteiger partial charge >= 0.3 is 0 Å². The van der Waals surface area contributed by atoms with Gasteiger partial charge in [0.05, 0.1) is 23.1 Å². The number of ether oxygens (including phenoxy) is 1. The van der Waals surface area contributed by atoms with Crippen LogP contribution in [0.5, 0.6) is 5.75 Å². The lowest BCUT2D eigenvalue weighted by Gasteiger charge is -2.13. The molecule has 0 fully saturated rings. The molecule has 0 aliphatic heterocycles. The summed E-state index contributed by atoms with van der Waals surface area (Å²) < 4.78 is 7.76. The predicted octanol–water partition coefficient (Wildman–Crippen LogP) is 3.37. The number of benzene rings is 2. The number of carbonyl (C=O) groups excluding carboxylic acids is 1. The summed E-state index contributed by atoms with van der Waals surface area (Å²) in [5.74, 6) is 1.16. The van der Waals surface area contributed by atoms with Crippen LogP contribution < -0.4 is 4.74 Å². The van der Waals surface area contributed by atoms with Gasteiger partial charge in [0, 0.05) is 0 Å². The maximum absolute atomic E-state index is 11.6. The van der Waals surface area contributed by atoms with Crippen molar-refractivity contribution in [2.75, 3.05) is 6.61 Å². The number of aliphatic hydroxyl groups excluding tert-OH is 1. The van der Waals surface area contributed by atoms with Crippen molar-refractivity contribution >= 4 is 16.8 Å². The average Bonchev–Trinajstić information content (AvgIpc) is 2.94. The molecule has 3 aromatic rings. The van der Waals surface area contributed by atoms with Crippen LogP contribution in [0.4, 0.5) is 0 Å². The van der Waals surface area contributed by atoms with Gasteiger partial charge in [-0.3, -0.25) is 4.79 Å². The Morgan fingerprint density at radius 1 is 1.21 bits per heavy atom. The lowest BCUT2D eigenvalue weighted by atomic mass is 10.1. The molecule has 0 radical (unpaired) electrons. The van der Waals surface area contributed by atoms with Crippen molar-refractivity contribution in [1.82, 2.24) is 9.55 Å². The number of aliphatic hydroxyl groups is 1. The fourth-order valence-corrected chi connectivity index (χ4v) is 2.78. The number of rotatable bonds is 6. The second-order valence-corrected chi connectivity index (χ2v) is 5.69. The van der Waals surface area contributed by atoms with E-state index in [1.165, 1.54) is 6.92 Å². The highest BCUT2D eigenvalue weighted by Gasteiger charge is 2.15. The minimum Gasteiger partial charge on any atom is -0.491 e. The van der Waals surface area contributed by atoms with Gasteiger partial charge in [-0.15, -0.1) is 0 Å². The minimum atomic E-state index is -0.665. The van der Waals surface area contributed by atoms with Gasteiger partial charge in [-0.25, -0.2) is 4.98 Å². The van der Waals surface area contributed by atoms with E-state index in [-0.39, 0.29) is 5.78 Å². The molecule has 1 aromatic heterocycles. The number of imidazole rings is 1. The molecule has 0 aliphatic rings. The maximum atomic E-state index is 11.6. The smallest absolute Gasteiger partial charge is 0.163 e. The largest absolute Gasteiger partial charge is 0.491 e. The molecule has 124 valence electrons. The van der Waals surface area contributed by atoms with E-state index in [0.29, 0.717) is 30.3 Å². The van der Waals surface area contributed by atoms with Crippen molar-refractivity contribution in [3.63, 3.8) is 0 Å². The fourth-order valence-electron chi connectivity index (χ4n) is 2.78. The summed E-state index contributed by atoms with van der Waals surface area (Å²) in [7, 11) is 0. The summed E-state index contributed by atoms with van der Waals surface area (Å²) >= 11 is 0. The molecule has 24 heavy (non-hydrogen) atoms. The van der Waals surface area contributed by atoms with Crippen LogP contribution in [-0.2, 0) is 6.54 Å². The van der Waals surface area contributed by atoms with Crippen molar-refractivity contribution in [2.45, 2.75) is 26.5 Å². The summed E-state index contributed by atoms with van der Waals surface area (Å²) in [6.45, 7) is 4.14. The van der Waals surface area contributed by atoms with E-state index >= 15 is 0 Å². The number of ketones is 1. The molecule has 1 heterocycles. The van der Waals surface area contributed by atoms with Crippen molar-refractivity contribution in [2.24, 2.45) is 0 Å². The Morgan fingerprint density at radius 2 is 1.92 bits per heavy atom. The lowest BCUT2D eigenvalue weighted by Crippen LogP contribution is -2.13. The van der Waals surface area contributed by atoms with Crippen LogP contribution in [0.3, 0.4) is 0 Å². The zero-order chi connectivity index (χ0) is 17.1. The van der Waals surface area contributed by atoms with Crippen LogP contribution in [0.15, 0.2) is 48.5 Å². The summed E-state index contributed by atoms with van der Waals surface area (Å²) in [6, 6.07) is 15.0. The third-order valence-electron chi connectivity index (χ3n) is 3.90. The van der Waals surface area contributed by atoms with Crippen molar-refractivity contribution in [3.05, 3.63) is 59.9 Å². The van der Waals surface area contributed by atoms with E-state index in [4.69, 9.17) is 4.74 Å². The molecule has 5 nitrogen and oxygen atoms in total. The summed E-state index contributed by atoms with van der Waals surface area (Å²) in [4.78, 5) is 16.1. The Hall–Kier alpha value is -2.66. The average molecular weight is 324 g/mol. The van der Waals surface area contributed by atoms with E-state index in [1.807, 2.05) is 41.0 Å². The third-order valence-corrected chi connectivity index (χ3v) is 3.90. The SMILES string of the molecule is CC(=O)c1ccccc1OCCn1c(C(C)O)nc2ccccc21. The van der Waals surface area contributed by atoms with Crippen LogP contribution in [0.25, 0.3) is 11.0 Å². The third kappa shape index (κ3) is 3.16. The van der Waals surface area contributed by atoms with Gasteiger partial charge in [-0.1, -0.05) is 24.3 Å². The molecule has 0 aliphatic carbocycles. The van der Waals surface area contributed by atoms with E-state index in [9.17, 15) is 9.90 Å². The van der Waals surface area contributed by atoms with Crippen LogP contribution in [0.2, 0.25) is 0 Å². The van der Waals surface area contributed by atoms with Gasteiger partial charge in [0.25, 0.3) is 0 Å². The number of hydrogen-bond acceptors (Lipinski definition) is 4. The topological polar surface area (TPSA) is 64.3 Å². The normalized spacial score (nSPS) is 12.3. The van der Waals surface area contributed by atoms with Crippen LogP contribution in [0.1, 0.15) is 36.1 Å². The molecule has 0 saturated carbocycles. The highest BCUT2D eigenvalue weighted by molar-refractivity contribution is 5.96. The standard InChI is InChI=1S/C19H20N2O3/c1-13(22)15-7-3-6-10-18(15)24-12-11-21-17-9-5-4-8-16(17)20-19(21)14(2)23/h3-10,14,23H,11-12H2,1-2H3. The van der Waals surface area contributed by atoms with E-state index in [2.05, 4.69) is 4.98 Å². The van der Waals surface area contributed by atoms with Gasteiger partial charge in [0.15, 0.2) is 5.78 Å². The van der Waals surface area contributed by atoms with Gasteiger partial charge in [-0.05, 0) is 38.1 Å². The second kappa shape index (κ2) is 6.84. The zero-order valence-electron chi connectivity index (χ0n) is 13.8. The summed E-state index contributed by atoms with van der Waals surface area (Å²) in [6.07, 6.45) is -0.665. The predicted molar refractivity (Wildman–Crippen MR) is 92.3 cm³/mol. The number of aromatic nitrogens is 2. The Balaban J connectivity index is 1.82. The van der Waals surface area contributed by atoms with E-state index in [0.717, 1.165) is 11.0 Å². The molecular formula is C19H20N2O3. The maximum Gasteiger partial charge on any atom is 0.163 e. The number of carbonyl (C=O) groups is 1. The molecule has 1 unspecified atom stereocenters. The van der Waals surface area contributed by atoms with Gasteiger partial charge in [0.1, 0.15) is 24.3 Å². The van der Waals surface area contributed by atoms with Crippen LogP contribution in [-0.4, -0.2) is 27.0 Å². The Kier molecular flexibility index (Phi) is 4.62. The monoisotopic (exact) mass is 324 g/mol. The van der Waals surface area contributed by atoms with Crippen molar-refractivity contribution in [1.29, 1.82) is 0 Å². The number of fused-ring (bicyclic) bond motifs is 1. The number of hydrogen-bond donors (Lipinski definition) is 1. The Labute approximate surface area is 140 Å². The van der Waals surface area contributed by atoms with Crippen molar-refractivity contribution in [3.8, 4) is 5.75 Å². The van der Waals surface area contributed by atoms with E-state index in [1.54, 1.807) is 19.1 Å². The first-order valence-corrected chi connectivity index (χ1v) is 7.94. The van der Waals surface area contributed by atoms with E-state index < -0.39 is 6.10 Å². The minimum absolute atomic E-state index is 0.0247. The fraction of sp³-hybridized carbons (Fsp3) is 0.263. The Bertz CT molecular complexity index is 868. The second-order valence-electron chi connectivity index (χ2n) is 5.69. The van der Waals surface area contributed by atoms with Crippen molar-refractivity contribution < 1.29 is 14.6 Å². The molecule has 0 spiro atoms. The molecule has 1 atom stereocenters. The lowest BCUT2D eigenvalue weighted by molar-refractivity contribution is 0.101. The number of nitrogens with zero attached hydrogens (tertiary/aromatic N) is 2. The highest BCUT2D eigenvalue weighted by Crippen LogP contribution is 2.22. The molecule has 0 saturated heterocycles. The first-order chi connectivity index (χ1) is 11.6. The molecule has 0 bridgehead atoms. The molecular weight excluding hydrogens is 304 g/mol. The molecule has 2 aromatic carbocycles. The molecule has 3 rings (SSSR count). The molecule has 1 N–H and O–H groups in total. The van der Waals surface area contributed by atoms with Crippen LogP contribution in [0, 0.1) is 0 Å². The summed E-state index contributed by atoms with van der Waals surface area (Å²) in [5.41, 5.74) is 2.37. The molecule has 5 heteroatoms. The number of Topliss-reactive ketones (excluding diaryl/α,β-unsaturated/α-hetero) is 1. The van der Waals surface area contributed by atoms with Gasteiger partial charge < -0.3 is 14.4 Å². The zero-order valence-corrected chi connectivity index (χ0v) is 13.8. The number of para-hydroxylation sites is 3. The van der Waals surface area contributed by atoms with Gasteiger partial charge in [0.2, 0.25) is 0 Å². The van der Waals surface area contributed by atoms with Crippen LogP contribution >= 0.6 is 0 Å². The first kappa shape index (κ1) is 16.2.